The molecule has 0 aliphatic heterocycles. The van der Waals surface area contributed by atoms with Crippen molar-refractivity contribution in [1.29, 1.82) is 0 Å². The zero-order chi connectivity index (χ0) is 8.48. The van der Waals surface area contributed by atoms with Crippen LogP contribution >= 0.6 is 0 Å². The van der Waals surface area contributed by atoms with Crippen molar-refractivity contribution >= 4 is 0 Å². The van der Waals surface area contributed by atoms with Crippen LogP contribution < -0.4 is 5.73 Å². The second-order valence-corrected chi connectivity index (χ2v) is 4.13. The summed E-state index contributed by atoms with van der Waals surface area (Å²) in [6, 6.07) is 0. The Morgan fingerprint density at radius 3 is 2.09 bits per heavy atom. The van der Waals surface area contributed by atoms with Crippen molar-refractivity contribution < 1.29 is 5.11 Å². The molecule has 3 N–H and O–H groups in total. The van der Waals surface area contributed by atoms with Crippen molar-refractivity contribution in [3.8, 4) is 0 Å². The van der Waals surface area contributed by atoms with E-state index < -0.39 is 0 Å². The largest absolute Gasteiger partial charge is 0.391 e. The summed E-state index contributed by atoms with van der Waals surface area (Å²) in [4.78, 5) is 0. The van der Waals surface area contributed by atoms with E-state index in [1.54, 1.807) is 0 Å². The second kappa shape index (κ2) is 3.11. The smallest absolute Gasteiger partial charge is 0.0742 e. The van der Waals surface area contributed by atoms with Gasteiger partial charge in [-0.15, -0.1) is 0 Å². The van der Waals surface area contributed by atoms with Crippen LogP contribution in [0.4, 0.5) is 0 Å². The van der Waals surface area contributed by atoms with Crippen LogP contribution in [0, 0.1) is 5.92 Å². The minimum absolute atomic E-state index is 0.270. The molecule has 1 atom stereocenters. The lowest BCUT2D eigenvalue weighted by Gasteiger charge is -2.32. The first-order chi connectivity index (χ1) is 5.06. The van der Waals surface area contributed by atoms with E-state index in [2.05, 4.69) is 0 Å². The maximum absolute atomic E-state index is 9.76. The van der Waals surface area contributed by atoms with Crippen molar-refractivity contribution in [3.05, 3.63) is 0 Å². The maximum atomic E-state index is 9.76. The molecule has 66 valence electrons. The van der Waals surface area contributed by atoms with E-state index in [1.165, 1.54) is 12.8 Å². The molecular formula is C9H19NO. The van der Waals surface area contributed by atoms with Gasteiger partial charge >= 0.3 is 0 Å². The topological polar surface area (TPSA) is 46.2 Å². The van der Waals surface area contributed by atoms with E-state index >= 15 is 0 Å². The van der Waals surface area contributed by atoms with Gasteiger partial charge < -0.3 is 10.8 Å². The van der Waals surface area contributed by atoms with Crippen LogP contribution in [-0.4, -0.2) is 16.7 Å². The lowest BCUT2D eigenvalue weighted by atomic mass is 9.85. The number of aliphatic hydroxyl groups excluding tert-OH is 1. The first kappa shape index (κ1) is 9.01. The second-order valence-electron chi connectivity index (χ2n) is 4.13. The minimum atomic E-state index is -0.315. The highest BCUT2D eigenvalue weighted by Gasteiger charge is 2.37. The van der Waals surface area contributed by atoms with Gasteiger partial charge in [0.05, 0.1) is 6.10 Å². The summed E-state index contributed by atoms with van der Waals surface area (Å²) >= 11 is 0. The first-order valence-electron chi connectivity index (χ1n) is 4.53. The molecule has 0 bridgehead atoms. The van der Waals surface area contributed by atoms with E-state index in [0.717, 1.165) is 12.8 Å². The molecule has 0 amide bonds. The summed E-state index contributed by atoms with van der Waals surface area (Å²) in [5.74, 6) is 0.290. The van der Waals surface area contributed by atoms with Crippen LogP contribution in [0.15, 0.2) is 0 Å². The van der Waals surface area contributed by atoms with Gasteiger partial charge in [-0.05, 0) is 18.8 Å². The molecule has 0 heterocycles. The minimum Gasteiger partial charge on any atom is -0.391 e. The standard InChI is InChI=1S/C9H19NO/c1-7(2)8(11)9(10)5-3-4-6-9/h7-8,11H,3-6,10H2,1-2H3. The van der Waals surface area contributed by atoms with Crippen LogP contribution in [0.1, 0.15) is 39.5 Å². The third-order valence-electron chi connectivity index (χ3n) is 2.75. The highest BCUT2D eigenvalue weighted by molar-refractivity contribution is 4.96. The van der Waals surface area contributed by atoms with E-state index in [0.29, 0.717) is 0 Å². The highest BCUT2D eigenvalue weighted by atomic mass is 16.3. The van der Waals surface area contributed by atoms with Gasteiger partial charge in [0.25, 0.3) is 0 Å². The SMILES string of the molecule is CC(C)C(O)C1(N)CCCC1. The Bertz CT molecular complexity index is 128. The molecule has 0 saturated heterocycles. The van der Waals surface area contributed by atoms with Crippen molar-refractivity contribution in [3.63, 3.8) is 0 Å². The van der Waals surface area contributed by atoms with Gasteiger partial charge in [-0.1, -0.05) is 26.7 Å². The van der Waals surface area contributed by atoms with Crippen LogP contribution in [0.3, 0.4) is 0 Å². The lowest BCUT2D eigenvalue weighted by Crippen LogP contribution is -2.50. The Hall–Kier alpha value is -0.0800. The molecule has 11 heavy (non-hydrogen) atoms. The summed E-state index contributed by atoms with van der Waals surface area (Å²) in [6.07, 6.45) is 4.03. The predicted octanol–water partition coefficient (Wildman–Crippen LogP) is 1.27. The average Bonchev–Trinajstić information content (AvgIpc) is 2.35. The number of rotatable bonds is 2. The van der Waals surface area contributed by atoms with Crippen molar-refractivity contribution in [2.75, 3.05) is 0 Å². The van der Waals surface area contributed by atoms with Gasteiger partial charge in [-0.25, -0.2) is 0 Å². The fourth-order valence-electron chi connectivity index (χ4n) is 1.99. The molecule has 0 aromatic heterocycles. The Labute approximate surface area is 68.8 Å². The molecule has 1 rings (SSSR count). The zero-order valence-electron chi connectivity index (χ0n) is 7.51. The number of aliphatic hydroxyl groups is 1. The van der Waals surface area contributed by atoms with Gasteiger partial charge in [-0.3, -0.25) is 0 Å². The Kier molecular flexibility index (Phi) is 2.55. The van der Waals surface area contributed by atoms with Gasteiger partial charge in [-0.2, -0.15) is 0 Å². The third-order valence-corrected chi connectivity index (χ3v) is 2.75. The molecule has 1 fully saturated rings. The summed E-state index contributed by atoms with van der Waals surface area (Å²) in [7, 11) is 0. The summed E-state index contributed by atoms with van der Waals surface area (Å²) < 4.78 is 0. The molecule has 0 spiro atoms. The summed E-state index contributed by atoms with van der Waals surface area (Å²) in [5, 5.41) is 9.76. The van der Waals surface area contributed by atoms with Gasteiger partial charge in [0, 0.05) is 5.54 Å². The zero-order valence-corrected chi connectivity index (χ0v) is 7.51. The Morgan fingerprint density at radius 1 is 1.27 bits per heavy atom. The van der Waals surface area contributed by atoms with E-state index in [-0.39, 0.29) is 17.6 Å². The molecule has 0 aromatic carbocycles. The van der Waals surface area contributed by atoms with E-state index in [9.17, 15) is 5.11 Å². The molecule has 2 nitrogen and oxygen atoms in total. The van der Waals surface area contributed by atoms with Gasteiger partial charge in [0.1, 0.15) is 0 Å². The predicted molar refractivity (Wildman–Crippen MR) is 46.2 cm³/mol. The van der Waals surface area contributed by atoms with Crippen LogP contribution in [0.2, 0.25) is 0 Å². The van der Waals surface area contributed by atoms with E-state index in [1.807, 2.05) is 13.8 Å². The monoisotopic (exact) mass is 157 g/mol. The number of hydrogen-bond acceptors (Lipinski definition) is 2. The highest BCUT2D eigenvalue weighted by Crippen LogP contribution is 2.32. The molecule has 1 aliphatic rings. The fraction of sp³-hybridized carbons (Fsp3) is 1.00. The van der Waals surface area contributed by atoms with Crippen molar-refractivity contribution in [2.45, 2.75) is 51.2 Å². The molecule has 1 saturated carbocycles. The van der Waals surface area contributed by atoms with Crippen molar-refractivity contribution in [2.24, 2.45) is 11.7 Å². The average molecular weight is 157 g/mol. The molecule has 1 unspecified atom stereocenters. The molecule has 2 heteroatoms. The van der Waals surface area contributed by atoms with Crippen LogP contribution in [0.5, 0.6) is 0 Å². The molecular weight excluding hydrogens is 138 g/mol. The Morgan fingerprint density at radius 2 is 1.73 bits per heavy atom. The van der Waals surface area contributed by atoms with Gasteiger partial charge in [0.15, 0.2) is 0 Å². The van der Waals surface area contributed by atoms with Crippen molar-refractivity contribution in [1.82, 2.24) is 0 Å². The molecule has 0 radical (unpaired) electrons. The first-order valence-corrected chi connectivity index (χ1v) is 4.53. The third kappa shape index (κ3) is 1.74. The van der Waals surface area contributed by atoms with Crippen LogP contribution in [-0.2, 0) is 0 Å². The lowest BCUT2D eigenvalue weighted by molar-refractivity contribution is 0.0471. The molecule has 1 aliphatic carbocycles. The normalized spacial score (nSPS) is 25.9. The summed E-state index contributed by atoms with van der Waals surface area (Å²) in [6.45, 7) is 4.05. The fourth-order valence-corrected chi connectivity index (χ4v) is 1.99. The van der Waals surface area contributed by atoms with Gasteiger partial charge in [0.2, 0.25) is 0 Å². The quantitative estimate of drug-likeness (QED) is 0.634. The maximum Gasteiger partial charge on any atom is 0.0742 e. The Balaban J connectivity index is 2.56. The number of nitrogens with two attached hydrogens (primary N) is 1. The number of hydrogen-bond donors (Lipinski definition) is 2. The molecule has 0 aromatic rings. The van der Waals surface area contributed by atoms with Crippen LogP contribution in [0.25, 0.3) is 0 Å². The summed E-state index contributed by atoms with van der Waals surface area (Å²) in [5.41, 5.74) is 5.78. The van der Waals surface area contributed by atoms with E-state index in [4.69, 9.17) is 5.73 Å².